The summed E-state index contributed by atoms with van der Waals surface area (Å²) in [5.41, 5.74) is 5.18. The van der Waals surface area contributed by atoms with Gasteiger partial charge in [-0.1, -0.05) is 0 Å². The summed E-state index contributed by atoms with van der Waals surface area (Å²) in [5.74, 6) is 0.459. The van der Waals surface area contributed by atoms with Gasteiger partial charge in [-0.2, -0.15) is 4.98 Å². The SMILES string of the molecule is Nc1c2n(cnc1=O)CCCO2. The first kappa shape index (κ1) is 7.15. The molecule has 1 aromatic heterocycles. The van der Waals surface area contributed by atoms with Crippen LogP contribution in [0.5, 0.6) is 5.88 Å². The molecule has 2 N–H and O–H groups in total. The van der Waals surface area contributed by atoms with Crippen molar-refractivity contribution >= 4 is 5.69 Å². The Morgan fingerprint density at radius 2 is 2.50 bits per heavy atom. The van der Waals surface area contributed by atoms with Crippen molar-refractivity contribution in [2.45, 2.75) is 13.0 Å². The van der Waals surface area contributed by atoms with Crippen molar-refractivity contribution in [1.82, 2.24) is 9.55 Å². The standard InChI is InChI=1S/C7H9N3O2/c8-5-6(11)9-4-10-2-1-3-12-7(5)10/h4H,1-3,8H2. The summed E-state index contributed by atoms with van der Waals surface area (Å²) in [6.07, 6.45) is 2.39. The molecule has 0 aliphatic carbocycles. The van der Waals surface area contributed by atoms with Gasteiger partial charge in [-0.3, -0.25) is 4.79 Å². The molecule has 0 saturated heterocycles. The van der Waals surface area contributed by atoms with E-state index in [1.165, 1.54) is 6.33 Å². The third kappa shape index (κ3) is 0.939. The fraction of sp³-hybridized carbons (Fsp3) is 0.429. The highest BCUT2D eigenvalue weighted by Crippen LogP contribution is 2.19. The summed E-state index contributed by atoms with van der Waals surface area (Å²) in [4.78, 5) is 14.6. The highest BCUT2D eigenvalue weighted by atomic mass is 16.5. The van der Waals surface area contributed by atoms with Crippen LogP contribution in [0.25, 0.3) is 0 Å². The molecule has 0 amide bonds. The van der Waals surface area contributed by atoms with Gasteiger partial charge in [0.2, 0.25) is 5.88 Å². The molecule has 5 heteroatoms. The minimum Gasteiger partial charge on any atom is -0.477 e. The molecular formula is C7H9N3O2. The Bertz CT molecular complexity index is 358. The van der Waals surface area contributed by atoms with Crippen LogP contribution in [0.2, 0.25) is 0 Å². The van der Waals surface area contributed by atoms with Crippen LogP contribution in [0, 0.1) is 0 Å². The zero-order valence-corrected chi connectivity index (χ0v) is 6.49. The van der Waals surface area contributed by atoms with E-state index in [2.05, 4.69) is 4.98 Å². The van der Waals surface area contributed by atoms with Gasteiger partial charge < -0.3 is 15.0 Å². The van der Waals surface area contributed by atoms with Crippen molar-refractivity contribution in [3.05, 3.63) is 16.7 Å². The minimum absolute atomic E-state index is 0.109. The van der Waals surface area contributed by atoms with Gasteiger partial charge >= 0.3 is 0 Å². The number of fused-ring (bicyclic) bond motifs is 1. The molecule has 0 aromatic carbocycles. The summed E-state index contributed by atoms with van der Waals surface area (Å²) in [7, 11) is 0. The van der Waals surface area contributed by atoms with Crippen LogP contribution in [-0.2, 0) is 6.54 Å². The normalized spacial score (nSPS) is 15.0. The van der Waals surface area contributed by atoms with Crippen LogP contribution in [-0.4, -0.2) is 16.2 Å². The monoisotopic (exact) mass is 167 g/mol. The van der Waals surface area contributed by atoms with Crippen LogP contribution in [0.4, 0.5) is 5.69 Å². The van der Waals surface area contributed by atoms with Gasteiger partial charge in [-0.15, -0.1) is 0 Å². The number of aromatic nitrogens is 2. The van der Waals surface area contributed by atoms with Gasteiger partial charge in [0.25, 0.3) is 5.56 Å². The fourth-order valence-corrected chi connectivity index (χ4v) is 1.21. The van der Waals surface area contributed by atoms with Gasteiger partial charge in [-0.05, 0) is 6.42 Å². The van der Waals surface area contributed by atoms with Gasteiger partial charge in [0.1, 0.15) is 6.33 Å². The van der Waals surface area contributed by atoms with E-state index < -0.39 is 5.56 Å². The molecule has 0 bridgehead atoms. The molecule has 0 spiro atoms. The van der Waals surface area contributed by atoms with Crippen molar-refractivity contribution in [3.8, 4) is 5.88 Å². The topological polar surface area (TPSA) is 70.1 Å². The minimum atomic E-state index is -0.414. The largest absolute Gasteiger partial charge is 0.477 e. The average Bonchev–Trinajstić information content (AvgIpc) is 2.12. The Balaban J connectivity index is 2.61. The first-order valence-corrected chi connectivity index (χ1v) is 3.77. The number of hydrogen-bond acceptors (Lipinski definition) is 4. The molecule has 5 nitrogen and oxygen atoms in total. The lowest BCUT2D eigenvalue weighted by atomic mass is 10.4. The zero-order valence-electron chi connectivity index (χ0n) is 6.49. The molecule has 1 aliphatic rings. The van der Waals surface area contributed by atoms with Gasteiger partial charge in [0.05, 0.1) is 6.61 Å². The van der Waals surface area contributed by atoms with Gasteiger partial charge in [0, 0.05) is 6.54 Å². The van der Waals surface area contributed by atoms with Gasteiger partial charge in [-0.25, -0.2) is 0 Å². The summed E-state index contributed by atoms with van der Waals surface area (Å²) in [5, 5.41) is 0. The van der Waals surface area contributed by atoms with Crippen molar-refractivity contribution < 1.29 is 4.74 Å². The van der Waals surface area contributed by atoms with Crippen LogP contribution < -0.4 is 16.0 Å². The maximum Gasteiger partial charge on any atom is 0.299 e. The number of nitrogens with two attached hydrogens (primary N) is 1. The van der Waals surface area contributed by atoms with E-state index in [9.17, 15) is 4.79 Å². The van der Waals surface area contributed by atoms with Crippen LogP contribution in [0.3, 0.4) is 0 Å². The maximum absolute atomic E-state index is 11.0. The Labute approximate surface area is 68.8 Å². The molecule has 2 heterocycles. The van der Waals surface area contributed by atoms with E-state index in [1.54, 1.807) is 4.57 Å². The molecule has 2 rings (SSSR count). The van der Waals surface area contributed by atoms with E-state index in [1.807, 2.05) is 0 Å². The van der Waals surface area contributed by atoms with E-state index in [0.717, 1.165) is 13.0 Å². The predicted molar refractivity (Wildman–Crippen MR) is 43.0 cm³/mol. The first-order valence-electron chi connectivity index (χ1n) is 3.77. The Morgan fingerprint density at radius 3 is 3.33 bits per heavy atom. The third-order valence-electron chi connectivity index (χ3n) is 1.82. The number of nitrogens with zero attached hydrogens (tertiary/aromatic N) is 2. The van der Waals surface area contributed by atoms with E-state index >= 15 is 0 Å². The Kier molecular flexibility index (Phi) is 1.49. The van der Waals surface area contributed by atoms with Crippen molar-refractivity contribution in [2.24, 2.45) is 0 Å². The second kappa shape index (κ2) is 2.51. The molecule has 0 fully saturated rings. The molecule has 1 aromatic rings. The lowest BCUT2D eigenvalue weighted by molar-refractivity contribution is 0.238. The number of ether oxygens (including phenoxy) is 1. The number of aryl methyl sites for hydroxylation is 1. The Hall–Kier alpha value is -1.52. The van der Waals surface area contributed by atoms with E-state index in [-0.39, 0.29) is 5.69 Å². The van der Waals surface area contributed by atoms with E-state index in [0.29, 0.717) is 12.5 Å². The highest BCUT2D eigenvalue weighted by molar-refractivity contribution is 5.46. The molecule has 1 aliphatic heterocycles. The number of hydrogen-bond donors (Lipinski definition) is 1. The van der Waals surface area contributed by atoms with Crippen LogP contribution >= 0.6 is 0 Å². The molecular weight excluding hydrogens is 158 g/mol. The second-order valence-electron chi connectivity index (χ2n) is 2.66. The van der Waals surface area contributed by atoms with E-state index in [4.69, 9.17) is 10.5 Å². The predicted octanol–water partition coefficient (Wildman–Crippen LogP) is -0.392. The lowest BCUT2D eigenvalue weighted by Gasteiger charge is -2.19. The summed E-state index contributed by atoms with van der Waals surface area (Å²) < 4.78 is 6.98. The van der Waals surface area contributed by atoms with Gasteiger partial charge in [0.15, 0.2) is 5.69 Å². The maximum atomic E-state index is 11.0. The number of anilines is 1. The van der Waals surface area contributed by atoms with Crippen molar-refractivity contribution in [1.29, 1.82) is 0 Å². The summed E-state index contributed by atoms with van der Waals surface area (Å²) in [6.45, 7) is 1.43. The smallest absolute Gasteiger partial charge is 0.299 e. The van der Waals surface area contributed by atoms with Crippen LogP contribution in [0.15, 0.2) is 11.1 Å². The molecule has 64 valence electrons. The lowest BCUT2D eigenvalue weighted by Crippen LogP contribution is -2.23. The molecule has 0 unspecified atom stereocenters. The summed E-state index contributed by atoms with van der Waals surface area (Å²) in [6, 6.07) is 0. The molecule has 12 heavy (non-hydrogen) atoms. The highest BCUT2D eigenvalue weighted by Gasteiger charge is 2.13. The molecule has 0 radical (unpaired) electrons. The fourth-order valence-electron chi connectivity index (χ4n) is 1.21. The van der Waals surface area contributed by atoms with Crippen molar-refractivity contribution in [3.63, 3.8) is 0 Å². The Morgan fingerprint density at radius 1 is 1.67 bits per heavy atom. The molecule has 0 saturated carbocycles. The van der Waals surface area contributed by atoms with Crippen LogP contribution in [0.1, 0.15) is 6.42 Å². The molecule has 0 atom stereocenters. The average molecular weight is 167 g/mol. The number of nitrogen functional groups attached to an aromatic ring is 1. The second-order valence-corrected chi connectivity index (χ2v) is 2.66. The zero-order chi connectivity index (χ0) is 8.55. The summed E-state index contributed by atoms with van der Waals surface area (Å²) >= 11 is 0. The third-order valence-corrected chi connectivity index (χ3v) is 1.82. The first-order chi connectivity index (χ1) is 5.79. The number of rotatable bonds is 0. The van der Waals surface area contributed by atoms with Crippen molar-refractivity contribution in [2.75, 3.05) is 12.3 Å². The quantitative estimate of drug-likeness (QED) is 0.571.